The predicted molar refractivity (Wildman–Crippen MR) is 85.2 cm³/mol. The molecule has 0 aliphatic heterocycles. The average Bonchev–Trinajstić information content (AvgIpc) is 2.12. The van der Waals surface area contributed by atoms with E-state index in [0.717, 1.165) is 18.1 Å². The van der Waals surface area contributed by atoms with Crippen molar-refractivity contribution in [2.75, 3.05) is 5.75 Å². The summed E-state index contributed by atoms with van der Waals surface area (Å²) in [4.78, 5) is 0. The van der Waals surface area contributed by atoms with Crippen LogP contribution in [0.25, 0.3) is 0 Å². The molecule has 0 fully saturated rings. The minimum Gasteiger partial charge on any atom is -0.315 e. The van der Waals surface area contributed by atoms with Gasteiger partial charge >= 0.3 is 0 Å². The third-order valence-corrected chi connectivity index (χ3v) is 10.8. The largest absolute Gasteiger partial charge is 0.315 e. The monoisotopic (exact) mass is 308 g/mol. The fraction of sp³-hybridized carbons (Fsp3) is 1.00. The molecule has 0 heterocycles. The molecule has 0 N–H and O–H groups in total. The Morgan fingerprint density at radius 1 is 0.842 bits per heavy atom. The van der Waals surface area contributed by atoms with Crippen molar-refractivity contribution in [3.63, 3.8) is 0 Å². The topological polar surface area (TPSA) is 43.4 Å². The molecule has 0 aliphatic rings. The zero-order valence-corrected chi connectivity index (χ0v) is 15.5. The maximum absolute atomic E-state index is 12.0. The van der Waals surface area contributed by atoms with Crippen LogP contribution in [0.1, 0.15) is 48.5 Å². The van der Waals surface area contributed by atoms with Gasteiger partial charge in [0.15, 0.2) is 0 Å². The molecule has 0 spiro atoms. The Bertz CT molecular complexity index is 321. The molecule has 0 aromatic carbocycles. The minimum absolute atomic E-state index is 0.0794. The summed E-state index contributed by atoms with van der Waals surface area (Å²) >= 11 is 0. The van der Waals surface area contributed by atoms with Crippen LogP contribution in [0.15, 0.2) is 0 Å². The summed E-state index contributed by atoms with van der Waals surface area (Å²) < 4.78 is 29.8. The van der Waals surface area contributed by atoms with Crippen molar-refractivity contribution in [3.05, 3.63) is 0 Å². The summed E-state index contributed by atoms with van der Waals surface area (Å²) in [7, 11) is -5.58. The van der Waals surface area contributed by atoms with Crippen LogP contribution in [0.3, 0.4) is 0 Å². The summed E-state index contributed by atoms with van der Waals surface area (Å²) in [5.41, 5.74) is 0. The van der Waals surface area contributed by atoms with Crippen LogP contribution in [0.4, 0.5) is 0 Å². The lowest BCUT2D eigenvalue weighted by Crippen LogP contribution is -2.44. The highest BCUT2D eigenvalue weighted by atomic mass is 32.2. The average molecular weight is 309 g/mol. The lowest BCUT2D eigenvalue weighted by atomic mass is 10.3. The van der Waals surface area contributed by atoms with Crippen molar-refractivity contribution in [3.8, 4) is 0 Å². The Kier molecular flexibility index (Phi) is 7.84. The van der Waals surface area contributed by atoms with Crippen LogP contribution < -0.4 is 0 Å². The molecule has 5 heteroatoms. The van der Waals surface area contributed by atoms with E-state index in [1.165, 1.54) is 0 Å². The highest BCUT2D eigenvalue weighted by Crippen LogP contribution is 2.34. The van der Waals surface area contributed by atoms with Gasteiger partial charge in [0.1, 0.15) is 0 Å². The third kappa shape index (κ3) is 8.10. The highest BCUT2D eigenvalue weighted by molar-refractivity contribution is 7.87. The molecule has 0 saturated heterocycles. The predicted octanol–water partition coefficient (Wildman–Crippen LogP) is 4.27. The number of rotatable bonds is 9. The molecule has 0 amide bonds. The lowest BCUT2D eigenvalue weighted by Gasteiger charge is -2.34. The fourth-order valence-electron chi connectivity index (χ4n) is 2.91. The molecular weight excluding hydrogens is 276 g/mol. The van der Waals surface area contributed by atoms with Gasteiger partial charge in [0.25, 0.3) is 10.1 Å². The van der Waals surface area contributed by atoms with E-state index in [0.29, 0.717) is 17.8 Å². The van der Waals surface area contributed by atoms with Crippen LogP contribution in [0, 0.1) is 17.8 Å². The zero-order chi connectivity index (χ0) is 15.3. The normalized spacial score (nSPS) is 13.8. The van der Waals surface area contributed by atoms with Gasteiger partial charge in [-0.2, -0.15) is 0 Å². The van der Waals surface area contributed by atoms with E-state index in [4.69, 9.17) is 3.87 Å². The van der Waals surface area contributed by atoms with Gasteiger partial charge in [0.2, 0.25) is 8.32 Å². The van der Waals surface area contributed by atoms with Crippen molar-refractivity contribution < 1.29 is 12.3 Å². The van der Waals surface area contributed by atoms with Crippen LogP contribution >= 0.6 is 0 Å². The lowest BCUT2D eigenvalue weighted by molar-refractivity contribution is 0.449. The number of hydrogen-bond acceptors (Lipinski definition) is 3. The van der Waals surface area contributed by atoms with Crippen molar-refractivity contribution >= 4 is 18.4 Å². The van der Waals surface area contributed by atoms with E-state index < -0.39 is 18.4 Å². The van der Waals surface area contributed by atoms with Crippen molar-refractivity contribution in [2.45, 2.75) is 66.6 Å². The van der Waals surface area contributed by atoms with Gasteiger partial charge < -0.3 is 3.87 Å². The first kappa shape index (κ1) is 19.1. The van der Waals surface area contributed by atoms with Crippen molar-refractivity contribution in [2.24, 2.45) is 17.8 Å². The first-order valence-corrected chi connectivity index (χ1v) is 11.6. The first-order chi connectivity index (χ1) is 8.52. The van der Waals surface area contributed by atoms with E-state index in [-0.39, 0.29) is 5.75 Å². The molecule has 0 bridgehead atoms. The van der Waals surface area contributed by atoms with Crippen molar-refractivity contribution in [1.82, 2.24) is 0 Å². The molecule has 0 aromatic heterocycles. The molecule has 3 nitrogen and oxygen atoms in total. The van der Waals surface area contributed by atoms with Gasteiger partial charge in [-0.3, -0.25) is 0 Å². The van der Waals surface area contributed by atoms with Crippen LogP contribution in [0.2, 0.25) is 18.1 Å². The fourth-order valence-corrected chi connectivity index (χ4v) is 11.3. The second-order valence-corrected chi connectivity index (χ2v) is 12.9. The maximum atomic E-state index is 12.0. The van der Waals surface area contributed by atoms with E-state index in [9.17, 15) is 8.42 Å². The Hall–Kier alpha value is 0.127. The van der Waals surface area contributed by atoms with Gasteiger partial charge in [-0.05, 0) is 42.8 Å². The molecule has 116 valence electrons. The second-order valence-electron chi connectivity index (χ2n) is 6.91. The Morgan fingerprint density at radius 2 is 1.16 bits per heavy atom. The summed E-state index contributed by atoms with van der Waals surface area (Å²) in [6, 6.07) is 2.80. The zero-order valence-electron chi connectivity index (χ0n) is 13.7. The van der Waals surface area contributed by atoms with Crippen LogP contribution in [0.5, 0.6) is 0 Å². The van der Waals surface area contributed by atoms with Gasteiger partial charge in [0.05, 0.1) is 5.75 Å². The molecule has 0 aliphatic carbocycles. The summed E-state index contributed by atoms with van der Waals surface area (Å²) in [6.45, 7) is 14.6. The molecule has 0 saturated carbocycles. The van der Waals surface area contributed by atoms with Gasteiger partial charge in [-0.25, -0.2) is 8.42 Å². The standard InChI is InChI=1S/C14H32O3SSi/c1-8-18(15,16)17-19(9-12(2)3,10-13(4)5)11-14(6)7/h12-14H,8-11H2,1-7H3. The van der Waals surface area contributed by atoms with E-state index in [1.807, 2.05) is 0 Å². The Labute approximate surface area is 121 Å². The molecular formula is C14H32O3SSi. The van der Waals surface area contributed by atoms with Gasteiger partial charge in [-0.15, -0.1) is 0 Å². The first-order valence-electron chi connectivity index (χ1n) is 7.45. The Morgan fingerprint density at radius 3 is 1.37 bits per heavy atom. The smallest absolute Gasteiger partial charge is 0.257 e. The van der Waals surface area contributed by atoms with Crippen LogP contribution in [-0.4, -0.2) is 22.5 Å². The van der Waals surface area contributed by atoms with E-state index in [2.05, 4.69) is 41.5 Å². The van der Waals surface area contributed by atoms with E-state index in [1.54, 1.807) is 6.92 Å². The second kappa shape index (κ2) is 7.79. The molecule has 0 rings (SSSR count). The molecule has 0 unspecified atom stereocenters. The van der Waals surface area contributed by atoms with E-state index >= 15 is 0 Å². The highest BCUT2D eigenvalue weighted by Gasteiger charge is 2.41. The molecule has 0 atom stereocenters. The van der Waals surface area contributed by atoms with Crippen molar-refractivity contribution in [1.29, 1.82) is 0 Å². The maximum Gasteiger partial charge on any atom is 0.257 e. The Balaban J connectivity index is 5.33. The van der Waals surface area contributed by atoms with Crippen LogP contribution in [-0.2, 0) is 14.0 Å². The quantitative estimate of drug-likeness (QED) is 0.598. The van der Waals surface area contributed by atoms with Gasteiger partial charge in [-0.1, -0.05) is 41.5 Å². The summed E-state index contributed by atoms with van der Waals surface area (Å²) in [5, 5.41) is 0. The summed E-state index contributed by atoms with van der Waals surface area (Å²) in [5.74, 6) is 1.53. The molecule has 0 radical (unpaired) electrons. The minimum atomic E-state index is -3.35. The SMILES string of the molecule is CCS(=O)(=O)O[Si](CC(C)C)(CC(C)C)CC(C)C. The summed E-state index contributed by atoms with van der Waals surface area (Å²) in [6.07, 6.45) is 0. The van der Waals surface area contributed by atoms with Gasteiger partial charge in [0, 0.05) is 0 Å². The molecule has 19 heavy (non-hydrogen) atoms. The third-order valence-electron chi connectivity index (χ3n) is 3.00. The molecule has 0 aromatic rings. The number of hydrogen-bond donors (Lipinski definition) is 0.